The molecule has 0 spiro atoms. The first-order chi connectivity index (χ1) is 10.9. The molecule has 0 heterocycles. The van der Waals surface area contributed by atoms with Gasteiger partial charge in [-0.15, -0.1) is 11.0 Å². The minimum Gasteiger partial charge on any atom is -0.271 e. The number of sulfonamides is 1. The number of carbonyl (C=O) groups is 1. The van der Waals surface area contributed by atoms with E-state index in [1.54, 1.807) is 42.5 Å². The van der Waals surface area contributed by atoms with Crippen LogP contribution >= 0.6 is 0 Å². The molecule has 0 aromatic heterocycles. The largest absolute Gasteiger partial charge is 0.271 e. The van der Waals surface area contributed by atoms with Gasteiger partial charge in [0.25, 0.3) is 15.9 Å². The van der Waals surface area contributed by atoms with Crippen LogP contribution in [0.25, 0.3) is 0 Å². The van der Waals surface area contributed by atoms with Gasteiger partial charge in [0.05, 0.1) is 11.4 Å². The van der Waals surface area contributed by atoms with Crippen LogP contribution in [0.3, 0.4) is 0 Å². The van der Waals surface area contributed by atoms with Crippen molar-refractivity contribution in [2.24, 2.45) is 0 Å². The number of benzene rings is 2. The molecule has 1 N–H and O–H groups in total. The number of carbonyl (C=O) groups excluding carboxylic acids is 1. The highest BCUT2D eigenvalue weighted by molar-refractivity contribution is 7.89. The summed E-state index contributed by atoms with van der Waals surface area (Å²) in [6.07, 6.45) is 1.41. The van der Waals surface area contributed by atoms with Crippen molar-refractivity contribution in [2.75, 3.05) is 6.54 Å². The van der Waals surface area contributed by atoms with E-state index in [2.05, 4.69) is 12.0 Å². The van der Waals surface area contributed by atoms with Gasteiger partial charge < -0.3 is 0 Å². The molecule has 5 nitrogen and oxygen atoms in total. The number of hydrogen-bond acceptors (Lipinski definition) is 3. The number of hydrazine groups is 1. The summed E-state index contributed by atoms with van der Waals surface area (Å²) in [7, 11) is -3.85. The normalized spacial score (nSPS) is 11.2. The number of nitrogens with one attached hydrogen (secondary N) is 1. The Labute approximate surface area is 136 Å². The monoisotopic (exact) mass is 330 g/mol. The molecule has 0 saturated carbocycles. The van der Waals surface area contributed by atoms with E-state index in [-0.39, 0.29) is 11.4 Å². The maximum absolute atomic E-state index is 12.7. The van der Waals surface area contributed by atoms with Crippen molar-refractivity contribution in [1.82, 2.24) is 9.84 Å². The fraction of sp³-hybridized carbons (Fsp3) is 0.118. The second-order valence-corrected chi connectivity index (χ2v) is 6.81. The molecule has 6 heteroatoms. The molecule has 0 radical (unpaired) electrons. The molecular formula is C17H18N2O3S. The van der Waals surface area contributed by atoms with Crippen LogP contribution in [0.4, 0.5) is 0 Å². The summed E-state index contributed by atoms with van der Waals surface area (Å²) in [5.41, 5.74) is 3.75. The van der Waals surface area contributed by atoms with Gasteiger partial charge in [0, 0.05) is 5.56 Å². The highest BCUT2D eigenvalue weighted by Gasteiger charge is 2.25. The molecule has 0 fully saturated rings. The number of amides is 1. The Bertz CT molecular complexity index is 784. The third-order valence-corrected chi connectivity index (χ3v) is 4.85. The van der Waals surface area contributed by atoms with E-state index in [9.17, 15) is 13.2 Å². The van der Waals surface area contributed by atoms with Crippen molar-refractivity contribution >= 4 is 15.9 Å². The predicted octanol–water partition coefficient (Wildman–Crippen LogP) is 2.52. The summed E-state index contributed by atoms with van der Waals surface area (Å²) >= 11 is 0. The highest BCUT2D eigenvalue weighted by Crippen LogP contribution is 2.15. The van der Waals surface area contributed by atoms with Crippen LogP contribution in [0.2, 0.25) is 0 Å². The van der Waals surface area contributed by atoms with Gasteiger partial charge in [-0.3, -0.25) is 10.2 Å². The van der Waals surface area contributed by atoms with E-state index >= 15 is 0 Å². The molecule has 2 aromatic rings. The van der Waals surface area contributed by atoms with Gasteiger partial charge >= 0.3 is 0 Å². The van der Waals surface area contributed by atoms with Gasteiger partial charge in [-0.1, -0.05) is 42.0 Å². The van der Waals surface area contributed by atoms with E-state index in [4.69, 9.17) is 0 Å². The van der Waals surface area contributed by atoms with Gasteiger partial charge in [-0.05, 0) is 31.2 Å². The third-order valence-electron chi connectivity index (χ3n) is 3.17. The van der Waals surface area contributed by atoms with Crippen LogP contribution in [-0.4, -0.2) is 25.3 Å². The van der Waals surface area contributed by atoms with Crippen molar-refractivity contribution in [3.05, 3.63) is 78.4 Å². The van der Waals surface area contributed by atoms with Crippen molar-refractivity contribution in [2.45, 2.75) is 11.8 Å². The summed E-state index contributed by atoms with van der Waals surface area (Å²) in [4.78, 5) is 12.3. The van der Waals surface area contributed by atoms with E-state index in [0.29, 0.717) is 5.56 Å². The van der Waals surface area contributed by atoms with Crippen molar-refractivity contribution in [1.29, 1.82) is 0 Å². The Morgan fingerprint density at radius 3 is 2.30 bits per heavy atom. The van der Waals surface area contributed by atoms with E-state index in [0.717, 1.165) is 9.98 Å². The molecule has 2 rings (SSSR count). The first kappa shape index (κ1) is 16.9. The van der Waals surface area contributed by atoms with Crippen LogP contribution < -0.4 is 5.43 Å². The first-order valence-electron chi connectivity index (χ1n) is 7.01. The molecule has 0 unspecified atom stereocenters. The molecule has 0 atom stereocenters. The Kier molecular flexibility index (Phi) is 5.31. The number of hydrogen-bond donors (Lipinski definition) is 1. The molecular weight excluding hydrogens is 312 g/mol. The smallest absolute Gasteiger partial charge is 0.266 e. The molecule has 0 aliphatic carbocycles. The Morgan fingerprint density at radius 2 is 1.74 bits per heavy atom. The van der Waals surface area contributed by atoms with Gasteiger partial charge in [-0.2, -0.15) is 0 Å². The van der Waals surface area contributed by atoms with Crippen LogP contribution in [0.15, 0.2) is 72.1 Å². The summed E-state index contributed by atoms with van der Waals surface area (Å²) in [5, 5.41) is 0. The fourth-order valence-electron chi connectivity index (χ4n) is 1.93. The quantitative estimate of drug-likeness (QED) is 0.654. The molecule has 1 amide bonds. The van der Waals surface area contributed by atoms with Crippen LogP contribution in [0, 0.1) is 6.92 Å². The van der Waals surface area contributed by atoms with Crippen LogP contribution in [0.1, 0.15) is 15.9 Å². The molecule has 23 heavy (non-hydrogen) atoms. The lowest BCUT2D eigenvalue weighted by Crippen LogP contribution is -2.46. The zero-order chi connectivity index (χ0) is 16.9. The maximum Gasteiger partial charge on any atom is 0.266 e. The standard InChI is InChI=1S/C17H18N2O3S/c1-3-13-19(18-17(20)15-7-5-4-6-8-15)23(21,22)16-11-9-14(2)10-12-16/h3-12H,1,13H2,2H3,(H,18,20). The molecule has 0 bridgehead atoms. The number of rotatable bonds is 6. The average Bonchev–Trinajstić information content (AvgIpc) is 2.55. The zero-order valence-corrected chi connectivity index (χ0v) is 13.6. The van der Waals surface area contributed by atoms with E-state index in [1.807, 2.05) is 6.92 Å². The van der Waals surface area contributed by atoms with Crippen molar-refractivity contribution < 1.29 is 13.2 Å². The molecule has 0 saturated heterocycles. The Balaban J connectivity index is 2.28. The van der Waals surface area contributed by atoms with Gasteiger partial charge in [0.1, 0.15) is 0 Å². The lowest BCUT2D eigenvalue weighted by molar-refractivity contribution is 0.0885. The molecule has 0 aliphatic heterocycles. The van der Waals surface area contributed by atoms with Crippen LogP contribution in [-0.2, 0) is 10.0 Å². The minimum atomic E-state index is -3.85. The van der Waals surface area contributed by atoms with Gasteiger partial charge in [0.2, 0.25) is 0 Å². The topological polar surface area (TPSA) is 66.5 Å². The van der Waals surface area contributed by atoms with Crippen LogP contribution in [0.5, 0.6) is 0 Å². The second kappa shape index (κ2) is 7.21. The maximum atomic E-state index is 12.7. The Hall–Kier alpha value is -2.44. The molecule has 120 valence electrons. The Morgan fingerprint density at radius 1 is 1.13 bits per heavy atom. The van der Waals surface area contributed by atoms with E-state index < -0.39 is 15.9 Å². The van der Waals surface area contributed by atoms with Crippen molar-refractivity contribution in [3.8, 4) is 0 Å². The summed E-state index contributed by atoms with van der Waals surface area (Å²) < 4.78 is 26.2. The number of nitrogens with zero attached hydrogens (tertiary/aromatic N) is 1. The lowest BCUT2D eigenvalue weighted by atomic mass is 10.2. The predicted molar refractivity (Wildman–Crippen MR) is 89.2 cm³/mol. The SMILES string of the molecule is C=CCN(NC(=O)c1ccccc1)S(=O)(=O)c1ccc(C)cc1. The second-order valence-electron chi connectivity index (χ2n) is 4.94. The number of aryl methyl sites for hydroxylation is 1. The molecule has 0 aliphatic rings. The lowest BCUT2D eigenvalue weighted by Gasteiger charge is -2.21. The van der Waals surface area contributed by atoms with Gasteiger partial charge in [0.15, 0.2) is 0 Å². The van der Waals surface area contributed by atoms with E-state index in [1.165, 1.54) is 18.2 Å². The fourth-order valence-corrected chi connectivity index (χ4v) is 3.17. The third kappa shape index (κ3) is 4.06. The average molecular weight is 330 g/mol. The summed E-state index contributed by atoms with van der Waals surface area (Å²) in [6.45, 7) is 5.38. The van der Waals surface area contributed by atoms with Gasteiger partial charge in [-0.25, -0.2) is 8.42 Å². The van der Waals surface area contributed by atoms with Crippen molar-refractivity contribution in [3.63, 3.8) is 0 Å². The zero-order valence-electron chi connectivity index (χ0n) is 12.8. The summed E-state index contributed by atoms with van der Waals surface area (Å²) in [5.74, 6) is -0.497. The summed E-state index contributed by atoms with van der Waals surface area (Å²) in [6, 6.07) is 14.9. The minimum absolute atomic E-state index is 0.0330. The molecule has 2 aromatic carbocycles. The first-order valence-corrected chi connectivity index (χ1v) is 8.45. The highest BCUT2D eigenvalue weighted by atomic mass is 32.2.